The van der Waals surface area contributed by atoms with Crippen molar-refractivity contribution in [1.82, 2.24) is 10.2 Å². The number of ether oxygens (including phenoxy) is 1. The van der Waals surface area contributed by atoms with E-state index < -0.39 is 5.82 Å². The number of amides is 1. The number of nitrogens with zero attached hydrogens (tertiary/aromatic N) is 1. The molecule has 0 aromatic heterocycles. The van der Waals surface area contributed by atoms with Crippen LogP contribution in [0, 0.1) is 5.82 Å². The second kappa shape index (κ2) is 7.41. The molecule has 1 aromatic carbocycles. The van der Waals surface area contributed by atoms with Gasteiger partial charge in [-0.1, -0.05) is 6.42 Å². The molecule has 1 aromatic rings. The number of nitrogens with one attached hydrogen (secondary N) is 1. The van der Waals surface area contributed by atoms with E-state index >= 15 is 0 Å². The molecule has 0 spiro atoms. The highest BCUT2D eigenvalue weighted by molar-refractivity contribution is 5.94. The third-order valence-corrected chi connectivity index (χ3v) is 3.92. The number of hydrogen-bond acceptors (Lipinski definition) is 3. The maximum absolute atomic E-state index is 13.7. The SMILES string of the molecule is CCN(CC1CCCCN1)C(=O)c1ccc(OC)c(F)c1. The number of halogens is 1. The fourth-order valence-electron chi connectivity index (χ4n) is 2.68. The molecule has 116 valence electrons. The van der Waals surface area contributed by atoms with E-state index in [1.54, 1.807) is 11.0 Å². The molecule has 1 unspecified atom stereocenters. The van der Waals surface area contributed by atoms with Gasteiger partial charge in [-0.25, -0.2) is 4.39 Å². The number of carbonyl (C=O) groups is 1. The van der Waals surface area contributed by atoms with Gasteiger partial charge in [-0.2, -0.15) is 0 Å². The molecular formula is C16H23FN2O2. The Labute approximate surface area is 125 Å². The molecule has 1 fully saturated rings. The largest absolute Gasteiger partial charge is 0.494 e. The van der Waals surface area contributed by atoms with Crippen molar-refractivity contribution in [2.24, 2.45) is 0 Å². The molecule has 1 heterocycles. The van der Waals surface area contributed by atoms with E-state index in [0.717, 1.165) is 13.0 Å². The number of rotatable bonds is 5. The van der Waals surface area contributed by atoms with Gasteiger partial charge in [0, 0.05) is 24.7 Å². The van der Waals surface area contributed by atoms with Crippen molar-refractivity contribution in [3.05, 3.63) is 29.6 Å². The zero-order valence-electron chi connectivity index (χ0n) is 12.7. The smallest absolute Gasteiger partial charge is 0.254 e. The zero-order valence-corrected chi connectivity index (χ0v) is 12.7. The number of methoxy groups -OCH3 is 1. The van der Waals surface area contributed by atoms with E-state index in [-0.39, 0.29) is 11.7 Å². The average Bonchev–Trinajstić information content (AvgIpc) is 2.53. The van der Waals surface area contributed by atoms with E-state index in [0.29, 0.717) is 24.7 Å². The van der Waals surface area contributed by atoms with Crippen molar-refractivity contribution < 1.29 is 13.9 Å². The molecule has 1 amide bonds. The molecule has 1 aliphatic rings. The van der Waals surface area contributed by atoms with Crippen LogP contribution in [0.25, 0.3) is 0 Å². The van der Waals surface area contributed by atoms with Crippen LogP contribution in [-0.2, 0) is 0 Å². The Kier molecular flexibility index (Phi) is 5.56. The molecule has 21 heavy (non-hydrogen) atoms. The summed E-state index contributed by atoms with van der Waals surface area (Å²) in [6.45, 7) is 4.24. The minimum absolute atomic E-state index is 0.133. The molecule has 1 saturated heterocycles. The lowest BCUT2D eigenvalue weighted by molar-refractivity contribution is 0.0741. The topological polar surface area (TPSA) is 41.6 Å². The average molecular weight is 294 g/mol. The second-order valence-corrected chi connectivity index (χ2v) is 5.34. The fourth-order valence-corrected chi connectivity index (χ4v) is 2.68. The van der Waals surface area contributed by atoms with Gasteiger partial charge in [0.1, 0.15) is 0 Å². The van der Waals surface area contributed by atoms with Gasteiger partial charge in [0.25, 0.3) is 5.91 Å². The van der Waals surface area contributed by atoms with Gasteiger partial charge in [0.15, 0.2) is 11.6 Å². The molecular weight excluding hydrogens is 271 g/mol. The third-order valence-electron chi connectivity index (χ3n) is 3.92. The first kappa shape index (κ1) is 15.8. The maximum Gasteiger partial charge on any atom is 0.254 e. The number of carbonyl (C=O) groups excluding carboxylic acids is 1. The van der Waals surface area contributed by atoms with Gasteiger partial charge in [-0.15, -0.1) is 0 Å². The molecule has 0 bridgehead atoms. The third kappa shape index (κ3) is 3.94. The standard InChI is InChI=1S/C16H23FN2O2/c1-3-19(11-13-6-4-5-9-18-13)16(20)12-7-8-15(21-2)14(17)10-12/h7-8,10,13,18H,3-6,9,11H2,1-2H3. The van der Waals surface area contributed by atoms with Gasteiger partial charge >= 0.3 is 0 Å². The lowest BCUT2D eigenvalue weighted by Crippen LogP contribution is -2.45. The monoisotopic (exact) mass is 294 g/mol. The molecule has 0 saturated carbocycles. The maximum atomic E-state index is 13.7. The summed E-state index contributed by atoms with van der Waals surface area (Å²) >= 11 is 0. The Hall–Kier alpha value is -1.62. The normalized spacial score (nSPS) is 18.3. The molecule has 0 aliphatic carbocycles. The predicted octanol–water partition coefficient (Wildman–Crippen LogP) is 2.44. The molecule has 4 nitrogen and oxygen atoms in total. The minimum Gasteiger partial charge on any atom is -0.494 e. The van der Waals surface area contributed by atoms with E-state index in [4.69, 9.17) is 4.74 Å². The van der Waals surface area contributed by atoms with Crippen molar-refractivity contribution in [3.8, 4) is 5.75 Å². The van der Waals surface area contributed by atoms with Crippen LogP contribution in [0.15, 0.2) is 18.2 Å². The highest BCUT2D eigenvalue weighted by atomic mass is 19.1. The van der Waals surface area contributed by atoms with E-state index in [9.17, 15) is 9.18 Å². The molecule has 5 heteroatoms. The summed E-state index contributed by atoms with van der Waals surface area (Å²) in [6, 6.07) is 4.69. The van der Waals surface area contributed by atoms with Crippen molar-refractivity contribution in [3.63, 3.8) is 0 Å². The zero-order chi connectivity index (χ0) is 15.2. The van der Waals surface area contributed by atoms with Crippen LogP contribution in [0.2, 0.25) is 0 Å². The predicted molar refractivity (Wildman–Crippen MR) is 80.2 cm³/mol. The Bertz CT molecular complexity index is 487. The Morgan fingerprint density at radius 1 is 1.48 bits per heavy atom. The lowest BCUT2D eigenvalue weighted by Gasteiger charge is -2.30. The van der Waals surface area contributed by atoms with Crippen molar-refractivity contribution in [2.75, 3.05) is 26.7 Å². The molecule has 1 aliphatic heterocycles. The van der Waals surface area contributed by atoms with Gasteiger partial charge in [0.05, 0.1) is 7.11 Å². The van der Waals surface area contributed by atoms with Crippen molar-refractivity contribution >= 4 is 5.91 Å². The lowest BCUT2D eigenvalue weighted by atomic mass is 10.0. The van der Waals surface area contributed by atoms with Gasteiger partial charge in [-0.3, -0.25) is 4.79 Å². The van der Waals surface area contributed by atoms with Crippen molar-refractivity contribution in [2.45, 2.75) is 32.2 Å². The summed E-state index contributed by atoms with van der Waals surface area (Å²) in [6.07, 6.45) is 3.47. The van der Waals surface area contributed by atoms with Crippen LogP contribution in [0.5, 0.6) is 5.75 Å². The highest BCUT2D eigenvalue weighted by Crippen LogP contribution is 2.19. The van der Waals surface area contributed by atoms with Crippen molar-refractivity contribution in [1.29, 1.82) is 0 Å². The molecule has 1 atom stereocenters. The molecule has 0 radical (unpaired) electrons. The minimum atomic E-state index is -0.504. The van der Waals surface area contributed by atoms with Gasteiger partial charge < -0.3 is 15.0 Å². The fraction of sp³-hybridized carbons (Fsp3) is 0.562. The summed E-state index contributed by atoms with van der Waals surface area (Å²) in [5.41, 5.74) is 0.367. The highest BCUT2D eigenvalue weighted by Gasteiger charge is 2.21. The number of benzene rings is 1. The first-order valence-corrected chi connectivity index (χ1v) is 7.52. The van der Waals surface area contributed by atoms with Crippen LogP contribution < -0.4 is 10.1 Å². The van der Waals surface area contributed by atoms with Crippen LogP contribution in [0.4, 0.5) is 4.39 Å². The first-order valence-electron chi connectivity index (χ1n) is 7.52. The Balaban J connectivity index is 2.06. The quantitative estimate of drug-likeness (QED) is 0.907. The van der Waals surface area contributed by atoms with E-state index in [1.807, 2.05) is 6.92 Å². The van der Waals surface area contributed by atoms with Crippen LogP contribution in [-0.4, -0.2) is 43.6 Å². The van der Waals surface area contributed by atoms with E-state index in [1.165, 1.54) is 32.1 Å². The summed E-state index contributed by atoms with van der Waals surface area (Å²) in [5, 5.41) is 3.43. The summed E-state index contributed by atoms with van der Waals surface area (Å²) in [4.78, 5) is 14.3. The Morgan fingerprint density at radius 2 is 2.29 bits per heavy atom. The molecule has 2 rings (SSSR count). The Morgan fingerprint density at radius 3 is 2.86 bits per heavy atom. The number of likely N-dealkylation sites (N-methyl/N-ethyl adjacent to an activating group) is 1. The number of hydrogen-bond donors (Lipinski definition) is 1. The van der Waals surface area contributed by atoms with E-state index in [2.05, 4.69) is 5.32 Å². The number of piperidine rings is 1. The van der Waals surface area contributed by atoms with Gasteiger partial charge in [0.2, 0.25) is 0 Å². The summed E-state index contributed by atoms with van der Waals surface area (Å²) in [5.74, 6) is -0.481. The van der Waals surface area contributed by atoms with Crippen LogP contribution >= 0.6 is 0 Å². The van der Waals surface area contributed by atoms with Crippen LogP contribution in [0.3, 0.4) is 0 Å². The summed E-state index contributed by atoms with van der Waals surface area (Å²) in [7, 11) is 1.41. The van der Waals surface area contributed by atoms with Gasteiger partial charge in [-0.05, 0) is 44.5 Å². The first-order chi connectivity index (χ1) is 10.2. The molecule has 1 N–H and O–H groups in total. The summed E-state index contributed by atoms with van der Waals surface area (Å²) < 4.78 is 18.6. The second-order valence-electron chi connectivity index (χ2n) is 5.34. The van der Waals surface area contributed by atoms with Crippen LogP contribution in [0.1, 0.15) is 36.5 Å².